The molecule has 182 valence electrons. The van der Waals surface area contributed by atoms with Crippen molar-refractivity contribution in [3.63, 3.8) is 0 Å². The van der Waals surface area contributed by atoms with Gasteiger partial charge in [-0.25, -0.2) is 8.78 Å². The van der Waals surface area contributed by atoms with Crippen LogP contribution in [0.5, 0.6) is 5.75 Å². The van der Waals surface area contributed by atoms with Crippen molar-refractivity contribution in [3.8, 4) is 17.6 Å². The zero-order valence-corrected chi connectivity index (χ0v) is 19.6. The lowest BCUT2D eigenvalue weighted by molar-refractivity contribution is -0.146. The molecule has 1 aromatic heterocycles. The summed E-state index contributed by atoms with van der Waals surface area (Å²) in [6.07, 6.45) is 1.78. The molecule has 0 unspecified atom stereocenters. The third-order valence-electron chi connectivity index (χ3n) is 6.65. The Kier molecular flexibility index (Phi) is 7.94. The first-order valence-electron chi connectivity index (χ1n) is 11.7. The van der Waals surface area contributed by atoms with Crippen LogP contribution in [0.15, 0.2) is 54.7 Å². The fourth-order valence-corrected chi connectivity index (χ4v) is 4.69. The molecule has 0 amide bonds. The monoisotopic (exact) mass is 478 g/mol. The molecule has 2 aromatic carbocycles. The van der Waals surface area contributed by atoms with Crippen molar-refractivity contribution in [1.29, 1.82) is 0 Å². The Morgan fingerprint density at radius 2 is 2.06 bits per heavy atom. The summed E-state index contributed by atoms with van der Waals surface area (Å²) in [5, 5.41) is 10.5. The van der Waals surface area contributed by atoms with E-state index in [-0.39, 0.29) is 18.2 Å². The molecule has 5 nitrogen and oxygen atoms in total. The molecule has 1 aliphatic rings. The van der Waals surface area contributed by atoms with E-state index in [1.54, 1.807) is 49.7 Å². The number of alkyl halides is 1. The predicted octanol–water partition coefficient (Wildman–Crippen LogP) is 5.25. The zero-order valence-electron chi connectivity index (χ0n) is 19.6. The Morgan fingerprint density at radius 1 is 1.26 bits per heavy atom. The van der Waals surface area contributed by atoms with E-state index in [1.807, 2.05) is 4.90 Å². The van der Waals surface area contributed by atoms with E-state index in [9.17, 15) is 14.3 Å². The van der Waals surface area contributed by atoms with Gasteiger partial charge in [-0.1, -0.05) is 11.8 Å². The van der Waals surface area contributed by atoms with Crippen LogP contribution in [0.4, 0.5) is 8.78 Å². The summed E-state index contributed by atoms with van der Waals surface area (Å²) in [6.45, 7) is 1.52. The second-order valence-corrected chi connectivity index (χ2v) is 8.87. The maximum Gasteiger partial charge on any atom is 0.308 e. The molecule has 2 heterocycles. The van der Waals surface area contributed by atoms with Gasteiger partial charge in [0.2, 0.25) is 0 Å². The molecule has 1 N–H and O–H groups in total. The molecular formula is C28H28F2N2O3. The number of aromatic nitrogens is 1. The van der Waals surface area contributed by atoms with Gasteiger partial charge in [0.05, 0.1) is 25.1 Å². The summed E-state index contributed by atoms with van der Waals surface area (Å²) in [6, 6.07) is 13.0. The number of fused-ring (bicyclic) bond motifs is 1. The average Bonchev–Trinajstić information content (AvgIpc) is 2.88. The number of carboxylic acids is 1. The van der Waals surface area contributed by atoms with Crippen LogP contribution in [0.2, 0.25) is 0 Å². The van der Waals surface area contributed by atoms with Crippen LogP contribution in [-0.2, 0) is 4.79 Å². The van der Waals surface area contributed by atoms with Gasteiger partial charge >= 0.3 is 5.97 Å². The molecule has 35 heavy (non-hydrogen) atoms. The number of ether oxygens (including phenoxy) is 1. The lowest BCUT2D eigenvalue weighted by Crippen LogP contribution is -2.44. The summed E-state index contributed by atoms with van der Waals surface area (Å²) in [5.41, 5.74) is 1.96. The summed E-state index contributed by atoms with van der Waals surface area (Å²) in [7, 11) is 1.57. The smallest absolute Gasteiger partial charge is 0.308 e. The number of pyridine rings is 1. The van der Waals surface area contributed by atoms with Gasteiger partial charge in [-0.3, -0.25) is 14.7 Å². The number of hydrogen-bond acceptors (Lipinski definition) is 4. The van der Waals surface area contributed by atoms with Crippen molar-refractivity contribution in [2.45, 2.75) is 25.4 Å². The van der Waals surface area contributed by atoms with Crippen LogP contribution < -0.4 is 4.74 Å². The normalized spacial score (nSPS) is 19.1. The Hall–Kier alpha value is -3.50. The fourth-order valence-electron chi connectivity index (χ4n) is 4.69. The van der Waals surface area contributed by atoms with Crippen molar-refractivity contribution >= 4 is 16.9 Å². The van der Waals surface area contributed by atoms with Crippen molar-refractivity contribution < 1.29 is 23.4 Å². The Labute approximate surface area is 203 Å². The van der Waals surface area contributed by atoms with Crippen molar-refractivity contribution in [2.75, 3.05) is 26.7 Å². The SMILES string of the molecule is COc1ccc2nccc([C@@H](F)CC[C@@H]3CCN(CC#Cc4ccc(F)cc4)C[C@@H]3C(=O)O)c2c1. The molecular weight excluding hydrogens is 450 g/mol. The topological polar surface area (TPSA) is 62.7 Å². The Morgan fingerprint density at radius 3 is 2.80 bits per heavy atom. The number of carboxylic acid groups (broad SMARTS) is 1. The van der Waals surface area contributed by atoms with Crippen LogP contribution in [-0.4, -0.2) is 47.7 Å². The Bertz CT molecular complexity index is 1240. The van der Waals surface area contributed by atoms with Gasteiger partial charge in [0.1, 0.15) is 17.7 Å². The second kappa shape index (κ2) is 11.3. The minimum atomic E-state index is -1.22. The first-order valence-corrected chi connectivity index (χ1v) is 11.7. The van der Waals surface area contributed by atoms with Crippen LogP contribution in [0.1, 0.15) is 36.6 Å². The van der Waals surface area contributed by atoms with Crippen LogP contribution >= 0.6 is 0 Å². The van der Waals surface area contributed by atoms with Gasteiger partial charge in [-0.05, 0) is 85.8 Å². The quantitative estimate of drug-likeness (QED) is 0.470. The van der Waals surface area contributed by atoms with E-state index in [4.69, 9.17) is 4.74 Å². The van der Waals surface area contributed by atoms with Crippen LogP contribution in [0, 0.1) is 29.5 Å². The van der Waals surface area contributed by atoms with Crippen molar-refractivity contribution in [3.05, 3.63) is 71.7 Å². The number of aliphatic carboxylic acids is 1. The number of likely N-dealkylation sites (tertiary alicyclic amines) is 1. The molecule has 7 heteroatoms. The van der Waals surface area contributed by atoms with Crippen LogP contribution in [0.3, 0.4) is 0 Å². The van der Waals surface area contributed by atoms with E-state index in [2.05, 4.69) is 16.8 Å². The number of halogens is 2. The summed E-state index contributed by atoms with van der Waals surface area (Å²) < 4.78 is 33.6. The molecule has 0 radical (unpaired) electrons. The first kappa shape index (κ1) is 24.6. The summed E-state index contributed by atoms with van der Waals surface area (Å²) in [5.74, 6) is 4.83. The van der Waals surface area contributed by atoms with Crippen molar-refractivity contribution in [2.24, 2.45) is 11.8 Å². The zero-order chi connectivity index (χ0) is 24.8. The molecule has 1 aliphatic heterocycles. The summed E-state index contributed by atoms with van der Waals surface area (Å²) in [4.78, 5) is 18.3. The lowest BCUT2D eigenvalue weighted by Gasteiger charge is -2.35. The van der Waals surface area contributed by atoms with Gasteiger partial charge in [-0.2, -0.15) is 0 Å². The second-order valence-electron chi connectivity index (χ2n) is 8.87. The van der Waals surface area contributed by atoms with Gasteiger partial charge in [-0.15, -0.1) is 0 Å². The van der Waals surface area contributed by atoms with Gasteiger partial charge in [0.25, 0.3) is 0 Å². The third-order valence-corrected chi connectivity index (χ3v) is 6.65. The van der Waals surface area contributed by atoms with Crippen molar-refractivity contribution in [1.82, 2.24) is 9.88 Å². The summed E-state index contributed by atoms with van der Waals surface area (Å²) >= 11 is 0. The number of nitrogens with zero attached hydrogens (tertiary/aromatic N) is 2. The number of benzene rings is 2. The molecule has 3 aromatic rings. The molecule has 0 aliphatic carbocycles. The number of carbonyl (C=O) groups is 1. The van der Waals surface area contributed by atoms with E-state index in [1.165, 1.54) is 12.1 Å². The maximum atomic E-state index is 15.3. The highest BCUT2D eigenvalue weighted by Gasteiger charge is 2.34. The first-order chi connectivity index (χ1) is 16.9. The highest BCUT2D eigenvalue weighted by molar-refractivity contribution is 5.83. The largest absolute Gasteiger partial charge is 0.497 e. The molecule has 4 rings (SSSR count). The predicted molar refractivity (Wildman–Crippen MR) is 130 cm³/mol. The molecule has 0 spiro atoms. The average molecular weight is 479 g/mol. The van der Waals surface area contributed by atoms with E-state index >= 15 is 4.39 Å². The van der Waals surface area contributed by atoms with E-state index in [0.29, 0.717) is 60.3 Å². The number of piperidine rings is 1. The fraction of sp³-hybridized carbons (Fsp3) is 0.357. The molecule has 0 saturated carbocycles. The minimum Gasteiger partial charge on any atom is -0.497 e. The van der Waals surface area contributed by atoms with Gasteiger partial charge < -0.3 is 9.84 Å². The highest BCUT2D eigenvalue weighted by Crippen LogP contribution is 2.35. The minimum absolute atomic E-state index is 0.102. The van der Waals surface area contributed by atoms with Gasteiger partial charge in [0, 0.05) is 23.7 Å². The highest BCUT2D eigenvalue weighted by atomic mass is 19.1. The standard InChI is InChI=1S/C28H28F2N2O3/c1-35-22-9-11-27-24(17-22)23(12-14-31-27)26(30)10-6-20-13-16-32(18-25(20)28(33)34)15-2-3-19-4-7-21(29)8-5-19/h4-5,7-9,11-12,14,17,20,25-26H,6,10,13,15-16,18H2,1H3,(H,33,34)/t20-,25+,26+/m1/s1. The molecule has 0 bridgehead atoms. The number of methoxy groups -OCH3 is 1. The lowest BCUT2D eigenvalue weighted by atomic mass is 9.81. The number of hydrogen-bond donors (Lipinski definition) is 1. The third kappa shape index (κ3) is 6.14. The number of rotatable bonds is 7. The van der Waals surface area contributed by atoms with Gasteiger partial charge in [0.15, 0.2) is 0 Å². The maximum absolute atomic E-state index is 15.3. The molecule has 1 saturated heterocycles. The van der Waals surface area contributed by atoms with Crippen LogP contribution in [0.25, 0.3) is 10.9 Å². The Balaban J connectivity index is 1.37. The molecule has 3 atom stereocenters. The molecule has 1 fully saturated rings. The van der Waals surface area contributed by atoms with E-state index < -0.39 is 18.1 Å². The van der Waals surface area contributed by atoms with E-state index in [0.717, 1.165) is 0 Å².